The zero-order valence-corrected chi connectivity index (χ0v) is 19.5. The summed E-state index contributed by atoms with van der Waals surface area (Å²) in [6, 6.07) is 15.9. The first-order chi connectivity index (χ1) is 14.9. The molecule has 0 unspecified atom stereocenters. The van der Waals surface area contributed by atoms with Gasteiger partial charge in [0.05, 0.1) is 12.9 Å². The number of carbonyl (C=O) groups excluding carboxylic acids is 1. The summed E-state index contributed by atoms with van der Waals surface area (Å²) in [7, 11) is 3.65. The molecule has 1 aromatic heterocycles. The quantitative estimate of drug-likeness (QED) is 0.387. The van der Waals surface area contributed by atoms with Gasteiger partial charge in [-0.1, -0.05) is 61.2 Å². The molecule has 1 aliphatic heterocycles. The molecule has 0 fully saturated rings. The maximum absolute atomic E-state index is 12.7. The van der Waals surface area contributed by atoms with Gasteiger partial charge < -0.3 is 15.0 Å². The molecule has 0 saturated carbocycles. The number of hydrogen-bond donors (Lipinski definition) is 1. The van der Waals surface area contributed by atoms with Crippen molar-refractivity contribution in [1.29, 1.82) is 0 Å². The molecule has 1 N–H and O–H groups in total. The lowest BCUT2D eigenvalue weighted by atomic mass is 9.83. The van der Waals surface area contributed by atoms with E-state index in [0.29, 0.717) is 10.9 Å². The lowest BCUT2D eigenvalue weighted by Gasteiger charge is -2.23. The first kappa shape index (κ1) is 21.4. The third kappa shape index (κ3) is 4.45. The Kier molecular flexibility index (Phi) is 6.02. The molecule has 6 nitrogen and oxygen atoms in total. The monoisotopic (exact) mass is 452 g/mol. The third-order valence-electron chi connectivity index (χ3n) is 5.30. The lowest BCUT2D eigenvalue weighted by Crippen LogP contribution is -2.24. The van der Waals surface area contributed by atoms with Gasteiger partial charge in [0.2, 0.25) is 5.13 Å². The molecule has 0 spiro atoms. The van der Waals surface area contributed by atoms with E-state index in [1.807, 2.05) is 43.4 Å². The van der Waals surface area contributed by atoms with Crippen molar-refractivity contribution in [2.45, 2.75) is 23.6 Å². The molecule has 160 valence electrons. The summed E-state index contributed by atoms with van der Waals surface area (Å²) in [6.07, 6.45) is 1.77. The van der Waals surface area contributed by atoms with Crippen molar-refractivity contribution >= 4 is 45.4 Å². The predicted molar refractivity (Wildman–Crippen MR) is 128 cm³/mol. The van der Waals surface area contributed by atoms with E-state index in [4.69, 9.17) is 4.74 Å². The van der Waals surface area contributed by atoms with Gasteiger partial charge in [0.25, 0.3) is 0 Å². The van der Waals surface area contributed by atoms with Crippen molar-refractivity contribution in [3.8, 4) is 5.75 Å². The van der Waals surface area contributed by atoms with E-state index in [9.17, 15) is 4.79 Å². The number of fused-ring (bicyclic) bond motifs is 1. The number of allylic oxidation sites excluding steroid dienone is 2. The average molecular weight is 453 g/mol. The SMILES string of the molecule is COc1cccc(Nc2nnc(SCC(=O)/C=C3/N(C)c4ccccc4C3(C)C)s2)c1. The fourth-order valence-corrected chi connectivity index (χ4v) is 5.32. The molecule has 3 aromatic rings. The number of hydrogen-bond acceptors (Lipinski definition) is 8. The number of ketones is 1. The van der Waals surface area contributed by atoms with Gasteiger partial charge in [-0.05, 0) is 23.8 Å². The smallest absolute Gasteiger partial charge is 0.210 e. The van der Waals surface area contributed by atoms with E-state index in [1.54, 1.807) is 13.2 Å². The number of nitrogens with one attached hydrogen (secondary N) is 1. The first-order valence-corrected chi connectivity index (χ1v) is 11.6. The van der Waals surface area contributed by atoms with Crippen LogP contribution in [0.15, 0.2) is 64.6 Å². The molecule has 4 rings (SSSR count). The molecule has 2 heterocycles. The lowest BCUT2D eigenvalue weighted by molar-refractivity contribution is -0.112. The molecule has 0 saturated heterocycles. The second-order valence-corrected chi connectivity index (χ2v) is 9.92. The Morgan fingerprint density at radius 3 is 2.81 bits per heavy atom. The van der Waals surface area contributed by atoms with Gasteiger partial charge in [-0.3, -0.25) is 4.79 Å². The summed E-state index contributed by atoms with van der Waals surface area (Å²) in [5.41, 5.74) is 4.07. The van der Waals surface area contributed by atoms with Crippen LogP contribution in [0.5, 0.6) is 5.75 Å². The summed E-state index contributed by atoms with van der Waals surface area (Å²) in [5.74, 6) is 1.15. The highest BCUT2D eigenvalue weighted by Gasteiger charge is 2.38. The van der Waals surface area contributed by atoms with E-state index in [1.165, 1.54) is 28.7 Å². The Hall–Kier alpha value is -2.84. The largest absolute Gasteiger partial charge is 0.497 e. The zero-order valence-electron chi connectivity index (χ0n) is 17.9. The highest BCUT2D eigenvalue weighted by Crippen LogP contribution is 2.46. The fraction of sp³-hybridized carbons (Fsp3) is 0.261. The minimum Gasteiger partial charge on any atom is -0.497 e. The van der Waals surface area contributed by atoms with Gasteiger partial charge in [-0.15, -0.1) is 10.2 Å². The average Bonchev–Trinajstić information content (AvgIpc) is 3.29. The minimum atomic E-state index is -0.206. The van der Waals surface area contributed by atoms with Crippen molar-refractivity contribution in [2.24, 2.45) is 0 Å². The van der Waals surface area contributed by atoms with Crippen LogP contribution in [0.4, 0.5) is 16.5 Å². The maximum Gasteiger partial charge on any atom is 0.210 e. The number of anilines is 3. The van der Waals surface area contributed by atoms with Crippen molar-refractivity contribution in [2.75, 3.05) is 30.1 Å². The van der Waals surface area contributed by atoms with Crippen LogP contribution in [0.3, 0.4) is 0 Å². The third-order valence-corrected chi connectivity index (χ3v) is 7.30. The highest BCUT2D eigenvalue weighted by molar-refractivity contribution is 8.01. The van der Waals surface area contributed by atoms with Crippen LogP contribution in [0.1, 0.15) is 19.4 Å². The standard InChI is InChI=1S/C23H24N4O2S2/c1-23(2)18-10-5-6-11-19(18)27(3)20(23)13-16(28)14-30-22-26-25-21(31-22)24-15-8-7-9-17(12-15)29-4/h5-13H,14H2,1-4H3,(H,24,25)/b20-13+. The topological polar surface area (TPSA) is 67.3 Å². The van der Waals surface area contributed by atoms with Crippen LogP contribution in [-0.4, -0.2) is 35.9 Å². The number of carbonyl (C=O) groups is 1. The number of likely N-dealkylation sites (N-methyl/N-ethyl adjacent to an activating group) is 1. The van der Waals surface area contributed by atoms with Gasteiger partial charge in [-0.2, -0.15) is 0 Å². The van der Waals surface area contributed by atoms with Gasteiger partial charge >= 0.3 is 0 Å². The number of aromatic nitrogens is 2. The van der Waals surface area contributed by atoms with E-state index in [0.717, 1.165) is 27.2 Å². The van der Waals surface area contributed by atoms with Crippen LogP contribution in [0.2, 0.25) is 0 Å². The summed E-state index contributed by atoms with van der Waals surface area (Å²) in [5, 5.41) is 12.3. The van der Waals surface area contributed by atoms with Gasteiger partial charge in [0, 0.05) is 41.7 Å². The Bertz CT molecular complexity index is 1140. The molecule has 8 heteroatoms. The van der Waals surface area contributed by atoms with E-state index in [-0.39, 0.29) is 11.2 Å². The second-order valence-electron chi connectivity index (χ2n) is 7.72. The zero-order chi connectivity index (χ0) is 22.0. The summed E-state index contributed by atoms with van der Waals surface area (Å²) in [4.78, 5) is 14.8. The Balaban J connectivity index is 1.40. The summed E-state index contributed by atoms with van der Waals surface area (Å²) < 4.78 is 5.99. The molecule has 31 heavy (non-hydrogen) atoms. The molecule has 0 bridgehead atoms. The van der Waals surface area contributed by atoms with Crippen LogP contribution in [0.25, 0.3) is 0 Å². The molecule has 2 aromatic carbocycles. The Morgan fingerprint density at radius 2 is 2.03 bits per heavy atom. The second kappa shape index (κ2) is 8.72. The Labute approximate surface area is 190 Å². The van der Waals surface area contributed by atoms with Gasteiger partial charge in [-0.25, -0.2) is 0 Å². The number of benzene rings is 2. The number of ether oxygens (including phenoxy) is 1. The molecule has 0 atom stereocenters. The minimum absolute atomic E-state index is 0.0604. The van der Waals surface area contributed by atoms with Crippen molar-refractivity contribution < 1.29 is 9.53 Å². The Morgan fingerprint density at radius 1 is 1.23 bits per heavy atom. The molecule has 0 amide bonds. The van der Waals surface area contributed by atoms with E-state index >= 15 is 0 Å². The molecular weight excluding hydrogens is 428 g/mol. The van der Waals surface area contributed by atoms with Crippen molar-refractivity contribution in [3.63, 3.8) is 0 Å². The summed E-state index contributed by atoms with van der Waals surface area (Å²) >= 11 is 2.83. The van der Waals surface area contributed by atoms with Gasteiger partial charge in [0.1, 0.15) is 5.75 Å². The number of methoxy groups -OCH3 is 1. The summed E-state index contributed by atoms with van der Waals surface area (Å²) in [6.45, 7) is 4.31. The van der Waals surface area contributed by atoms with E-state index in [2.05, 4.69) is 46.4 Å². The van der Waals surface area contributed by atoms with Crippen LogP contribution >= 0.6 is 23.1 Å². The normalized spacial score (nSPS) is 15.7. The highest BCUT2D eigenvalue weighted by atomic mass is 32.2. The number of nitrogens with zero attached hydrogens (tertiary/aromatic N) is 3. The fourth-order valence-electron chi connectivity index (χ4n) is 3.73. The maximum atomic E-state index is 12.7. The molecule has 0 aliphatic carbocycles. The van der Waals surface area contributed by atoms with E-state index < -0.39 is 0 Å². The molecular formula is C23H24N4O2S2. The number of para-hydroxylation sites is 1. The van der Waals surface area contributed by atoms with Crippen LogP contribution < -0.4 is 15.0 Å². The van der Waals surface area contributed by atoms with Crippen molar-refractivity contribution in [3.05, 3.63) is 65.9 Å². The number of rotatable bonds is 7. The molecule has 1 aliphatic rings. The first-order valence-electron chi connectivity index (χ1n) is 9.84. The molecule has 0 radical (unpaired) electrons. The predicted octanol–water partition coefficient (Wildman–Crippen LogP) is 5.26. The van der Waals surface area contributed by atoms with Crippen LogP contribution in [0, 0.1) is 0 Å². The van der Waals surface area contributed by atoms with Gasteiger partial charge in [0.15, 0.2) is 10.1 Å². The van der Waals surface area contributed by atoms with Crippen LogP contribution in [-0.2, 0) is 10.2 Å². The van der Waals surface area contributed by atoms with Crippen molar-refractivity contribution in [1.82, 2.24) is 10.2 Å². The number of thioether (sulfide) groups is 1.